The van der Waals surface area contributed by atoms with Crippen molar-refractivity contribution in [1.29, 1.82) is 0 Å². The van der Waals surface area contributed by atoms with Gasteiger partial charge in [0.05, 0.1) is 0 Å². The number of hydrogen-bond donors (Lipinski definition) is 0. The maximum Gasteiger partial charge on any atom is 0.398 e. The fourth-order valence-corrected chi connectivity index (χ4v) is 0.489. The summed E-state index contributed by atoms with van der Waals surface area (Å²) in [6.07, 6.45) is -4.42. The van der Waals surface area contributed by atoms with Gasteiger partial charge in [-0.05, 0) is 6.92 Å². The Morgan fingerprint density at radius 1 is 1.50 bits per heavy atom. The van der Waals surface area contributed by atoms with Crippen molar-refractivity contribution in [3.8, 4) is 0 Å². The first-order valence-electron chi connectivity index (χ1n) is 2.99. The van der Waals surface area contributed by atoms with Gasteiger partial charge >= 0.3 is 6.18 Å². The minimum absolute atomic E-state index is 0.0549. The van der Waals surface area contributed by atoms with Crippen molar-refractivity contribution in [2.24, 2.45) is 5.92 Å². The standard InChI is InChI=1S/C6H9F3O/c1-3-5(10)4(2)6(7,8)9/h4H,3H2,1-2H3. The highest BCUT2D eigenvalue weighted by molar-refractivity contribution is 5.80. The van der Waals surface area contributed by atoms with Crippen LogP contribution >= 0.6 is 0 Å². The monoisotopic (exact) mass is 154 g/mol. The molecule has 0 saturated carbocycles. The first kappa shape index (κ1) is 9.46. The fourth-order valence-electron chi connectivity index (χ4n) is 0.489. The smallest absolute Gasteiger partial charge is 0.299 e. The molecule has 0 bridgehead atoms. The molecule has 0 aromatic carbocycles. The molecule has 0 N–H and O–H groups in total. The zero-order valence-electron chi connectivity index (χ0n) is 5.83. The average Bonchev–Trinajstić information content (AvgIpc) is 1.83. The zero-order chi connectivity index (χ0) is 8.36. The van der Waals surface area contributed by atoms with Crippen LogP contribution in [0.4, 0.5) is 13.2 Å². The van der Waals surface area contributed by atoms with E-state index in [-0.39, 0.29) is 6.42 Å². The van der Waals surface area contributed by atoms with Crippen LogP contribution in [0.3, 0.4) is 0 Å². The van der Waals surface area contributed by atoms with Gasteiger partial charge in [-0.25, -0.2) is 0 Å². The molecule has 0 radical (unpaired) electrons. The van der Waals surface area contributed by atoms with Crippen molar-refractivity contribution >= 4 is 5.78 Å². The summed E-state index contributed by atoms with van der Waals surface area (Å²) in [6, 6.07) is 0. The maximum atomic E-state index is 11.7. The largest absolute Gasteiger partial charge is 0.398 e. The molecule has 0 aromatic heterocycles. The predicted octanol–water partition coefficient (Wildman–Crippen LogP) is 2.16. The number of Topliss-reactive ketones (excluding diaryl/α,β-unsaturated/α-hetero) is 1. The van der Waals surface area contributed by atoms with Crippen LogP contribution in [0.5, 0.6) is 0 Å². The molecule has 1 unspecified atom stereocenters. The summed E-state index contributed by atoms with van der Waals surface area (Å²) in [5, 5.41) is 0. The molecular formula is C6H9F3O. The lowest BCUT2D eigenvalue weighted by atomic mass is 10.0. The number of carbonyl (C=O) groups excluding carboxylic acids is 1. The van der Waals surface area contributed by atoms with E-state index in [4.69, 9.17) is 0 Å². The highest BCUT2D eigenvalue weighted by Gasteiger charge is 2.39. The fraction of sp³-hybridized carbons (Fsp3) is 0.833. The molecule has 4 heteroatoms. The second-order valence-electron chi connectivity index (χ2n) is 2.08. The van der Waals surface area contributed by atoms with Gasteiger partial charge in [0.25, 0.3) is 0 Å². The number of halogens is 3. The average molecular weight is 154 g/mol. The molecule has 0 rings (SSSR count). The molecule has 0 heterocycles. The summed E-state index contributed by atoms with van der Waals surface area (Å²) >= 11 is 0. The van der Waals surface area contributed by atoms with Crippen LogP contribution in [0.2, 0.25) is 0 Å². The molecule has 60 valence electrons. The van der Waals surface area contributed by atoms with E-state index in [1.54, 1.807) is 0 Å². The van der Waals surface area contributed by atoms with Gasteiger partial charge in [-0.15, -0.1) is 0 Å². The molecule has 0 spiro atoms. The number of rotatable bonds is 2. The highest BCUT2D eigenvalue weighted by Crippen LogP contribution is 2.26. The minimum atomic E-state index is -4.37. The number of alkyl halides is 3. The number of carbonyl (C=O) groups is 1. The zero-order valence-corrected chi connectivity index (χ0v) is 5.83. The summed E-state index contributed by atoms with van der Waals surface area (Å²) in [5.41, 5.74) is 0. The van der Waals surface area contributed by atoms with Gasteiger partial charge in [-0.1, -0.05) is 6.92 Å². The highest BCUT2D eigenvalue weighted by atomic mass is 19.4. The van der Waals surface area contributed by atoms with E-state index in [0.29, 0.717) is 0 Å². The van der Waals surface area contributed by atoms with Crippen molar-refractivity contribution in [1.82, 2.24) is 0 Å². The Bertz CT molecular complexity index is 127. The quantitative estimate of drug-likeness (QED) is 0.595. The third-order valence-electron chi connectivity index (χ3n) is 1.32. The Morgan fingerprint density at radius 3 is 2.00 bits per heavy atom. The van der Waals surface area contributed by atoms with E-state index in [2.05, 4.69) is 0 Å². The molecule has 0 aliphatic carbocycles. The topological polar surface area (TPSA) is 17.1 Å². The van der Waals surface area contributed by atoms with Gasteiger partial charge in [0.2, 0.25) is 0 Å². The summed E-state index contributed by atoms with van der Waals surface area (Å²) in [4.78, 5) is 10.4. The Hall–Kier alpha value is -0.540. The number of ketones is 1. The summed E-state index contributed by atoms with van der Waals surface area (Å²) in [5.74, 6) is -2.56. The van der Waals surface area contributed by atoms with Gasteiger partial charge in [0.1, 0.15) is 11.7 Å². The summed E-state index contributed by atoms with van der Waals surface area (Å²) in [7, 11) is 0. The molecular weight excluding hydrogens is 145 g/mol. The van der Waals surface area contributed by atoms with Gasteiger partial charge in [-0.3, -0.25) is 4.79 Å². The van der Waals surface area contributed by atoms with Crippen molar-refractivity contribution < 1.29 is 18.0 Å². The Balaban J connectivity index is 4.08. The van der Waals surface area contributed by atoms with E-state index in [9.17, 15) is 18.0 Å². The molecule has 0 aliphatic heterocycles. The lowest BCUT2D eigenvalue weighted by Crippen LogP contribution is -2.27. The Morgan fingerprint density at radius 2 is 1.90 bits per heavy atom. The minimum Gasteiger partial charge on any atom is -0.299 e. The molecule has 1 atom stereocenters. The number of hydrogen-bond acceptors (Lipinski definition) is 1. The van der Waals surface area contributed by atoms with Crippen LogP contribution < -0.4 is 0 Å². The van der Waals surface area contributed by atoms with Gasteiger partial charge in [0.15, 0.2) is 0 Å². The molecule has 0 saturated heterocycles. The molecule has 0 amide bonds. The van der Waals surface area contributed by atoms with E-state index in [1.807, 2.05) is 0 Å². The first-order chi connectivity index (χ1) is 4.39. The maximum absolute atomic E-state index is 11.7. The van der Waals surface area contributed by atoms with Crippen LogP contribution in [0.1, 0.15) is 20.3 Å². The first-order valence-corrected chi connectivity index (χ1v) is 2.99. The Kier molecular flexibility index (Phi) is 2.87. The van der Waals surface area contributed by atoms with Crippen LogP contribution in [-0.2, 0) is 4.79 Å². The predicted molar refractivity (Wildman–Crippen MR) is 30.5 cm³/mol. The molecule has 1 nitrogen and oxygen atoms in total. The Labute approximate surface area is 57.2 Å². The van der Waals surface area contributed by atoms with Crippen molar-refractivity contribution in [2.45, 2.75) is 26.4 Å². The summed E-state index contributed by atoms with van der Waals surface area (Å²) in [6.45, 7) is 2.30. The van der Waals surface area contributed by atoms with E-state index < -0.39 is 17.9 Å². The SMILES string of the molecule is CCC(=O)C(C)C(F)(F)F. The third-order valence-corrected chi connectivity index (χ3v) is 1.32. The van der Waals surface area contributed by atoms with E-state index >= 15 is 0 Å². The lowest BCUT2D eigenvalue weighted by molar-refractivity contribution is -0.177. The molecule has 0 aliphatic rings. The van der Waals surface area contributed by atoms with Gasteiger partial charge < -0.3 is 0 Å². The van der Waals surface area contributed by atoms with Crippen LogP contribution in [-0.4, -0.2) is 12.0 Å². The molecule has 0 aromatic rings. The summed E-state index contributed by atoms with van der Waals surface area (Å²) < 4.78 is 35.0. The van der Waals surface area contributed by atoms with E-state index in [1.165, 1.54) is 6.92 Å². The lowest BCUT2D eigenvalue weighted by Gasteiger charge is -2.12. The molecule has 10 heavy (non-hydrogen) atoms. The normalized spacial score (nSPS) is 14.9. The van der Waals surface area contributed by atoms with Gasteiger partial charge in [0, 0.05) is 6.42 Å². The van der Waals surface area contributed by atoms with Crippen molar-refractivity contribution in [3.63, 3.8) is 0 Å². The van der Waals surface area contributed by atoms with Crippen LogP contribution in [0, 0.1) is 5.92 Å². The van der Waals surface area contributed by atoms with Crippen molar-refractivity contribution in [3.05, 3.63) is 0 Å². The van der Waals surface area contributed by atoms with Crippen LogP contribution in [0.25, 0.3) is 0 Å². The second-order valence-corrected chi connectivity index (χ2v) is 2.08. The van der Waals surface area contributed by atoms with Crippen molar-refractivity contribution in [2.75, 3.05) is 0 Å². The van der Waals surface area contributed by atoms with E-state index in [0.717, 1.165) is 6.92 Å². The van der Waals surface area contributed by atoms with Gasteiger partial charge in [-0.2, -0.15) is 13.2 Å². The second kappa shape index (κ2) is 3.03. The third kappa shape index (κ3) is 2.37. The van der Waals surface area contributed by atoms with Crippen LogP contribution in [0.15, 0.2) is 0 Å². The molecule has 0 fully saturated rings.